The minimum Gasteiger partial charge on any atom is -0.467 e. The van der Waals surface area contributed by atoms with Gasteiger partial charge in [-0.1, -0.05) is 36.8 Å². The van der Waals surface area contributed by atoms with Crippen molar-refractivity contribution in [3.05, 3.63) is 47.8 Å². The number of aliphatic hydroxyl groups excluding tert-OH is 1. The first-order valence-electron chi connectivity index (χ1n) is 14.9. The second-order valence-electron chi connectivity index (χ2n) is 10.7. The van der Waals surface area contributed by atoms with E-state index in [1.807, 2.05) is 16.7 Å². The maximum atomic E-state index is 12.7. The monoisotopic (exact) mass is 612 g/mol. The molecule has 2 aromatic heterocycles. The van der Waals surface area contributed by atoms with E-state index in [2.05, 4.69) is 51.4 Å². The summed E-state index contributed by atoms with van der Waals surface area (Å²) in [4.78, 5) is 27.8. The Bertz CT molecular complexity index is 1390. The number of fused-ring (bicyclic) bond motifs is 1. The van der Waals surface area contributed by atoms with Gasteiger partial charge in [0.25, 0.3) is 5.19 Å². The van der Waals surface area contributed by atoms with Gasteiger partial charge in [0.1, 0.15) is 6.10 Å². The number of ether oxygens (including phenoxy) is 1. The average molecular weight is 613 g/mol. The number of carbonyl (C=O) groups is 1. The Hall–Kier alpha value is -2.93. The molecule has 12 heteroatoms. The van der Waals surface area contributed by atoms with E-state index in [0.29, 0.717) is 30.3 Å². The Morgan fingerprint density at radius 3 is 2.74 bits per heavy atom. The van der Waals surface area contributed by atoms with Crippen LogP contribution < -0.4 is 15.0 Å². The molecule has 3 aromatic rings. The molecule has 2 aliphatic rings. The van der Waals surface area contributed by atoms with E-state index in [1.165, 1.54) is 16.7 Å². The molecule has 0 spiro atoms. The molecule has 2 N–H and O–H groups in total. The number of thiazole rings is 1. The number of benzene rings is 1. The number of nitrogens with one attached hydrogen (secondary N) is 1. The zero-order chi connectivity index (χ0) is 29.3. The van der Waals surface area contributed by atoms with Crippen molar-refractivity contribution in [2.45, 2.75) is 58.0 Å². The zero-order valence-electron chi connectivity index (χ0n) is 24.2. The van der Waals surface area contributed by atoms with Crippen LogP contribution in [0.4, 0.5) is 5.95 Å². The van der Waals surface area contributed by atoms with E-state index in [-0.39, 0.29) is 25.2 Å². The molecule has 226 valence electrons. The number of anilines is 1. The van der Waals surface area contributed by atoms with Crippen molar-refractivity contribution in [3.8, 4) is 5.19 Å². The molecule has 10 nitrogen and oxygen atoms in total. The second kappa shape index (κ2) is 15.0. The molecule has 1 amide bonds. The smallest absolute Gasteiger partial charge is 0.274 e. The van der Waals surface area contributed by atoms with Crippen molar-refractivity contribution in [1.82, 2.24) is 24.6 Å². The lowest BCUT2D eigenvalue weighted by atomic mass is 10.0. The van der Waals surface area contributed by atoms with Gasteiger partial charge in [0.05, 0.1) is 27.8 Å². The number of hydrogen-bond donors (Lipinski definition) is 2. The van der Waals surface area contributed by atoms with Gasteiger partial charge < -0.3 is 20.1 Å². The molecule has 1 aromatic carbocycles. The van der Waals surface area contributed by atoms with E-state index < -0.39 is 11.0 Å². The fourth-order valence-electron chi connectivity index (χ4n) is 5.27. The number of hydrogen-bond acceptors (Lipinski definition) is 9. The first-order valence-corrected chi connectivity index (χ1v) is 16.9. The zero-order valence-corrected chi connectivity index (χ0v) is 25.8. The Morgan fingerprint density at radius 1 is 1.21 bits per heavy atom. The van der Waals surface area contributed by atoms with Crippen LogP contribution in [-0.2, 0) is 22.2 Å². The van der Waals surface area contributed by atoms with Crippen molar-refractivity contribution in [1.29, 1.82) is 0 Å². The maximum absolute atomic E-state index is 12.7. The number of aliphatic hydroxyl groups is 1. The molecule has 1 unspecified atom stereocenters. The van der Waals surface area contributed by atoms with Crippen LogP contribution in [-0.4, -0.2) is 85.7 Å². The highest BCUT2D eigenvalue weighted by atomic mass is 32.2. The van der Waals surface area contributed by atoms with Crippen LogP contribution in [0.3, 0.4) is 0 Å². The van der Waals surface area contributed by atoms with E-state index in [0.717, 1.165) is 67.9 Å². The number of carbonyl (C=O) groups excluding carboxylic acids is 1. The number of nitrogens with zero attached hydrogens (tertiary/aromatic N) is 5. The second-order valence-corrected chi connectivity index (χ2v) is 13.2. The maximum Gasteiger partial charge on any atom is 0.274 e. The number of amides is 1. The summed E-state index contributed by atoms with van der Waals surface area (Å²) in [6.45, 7) is 5.42. The Balaban J connectivity index is 1.10. The van der Waals surface area contributed by atoms with Gasteiger partial charge in [-0.05, 0) is 48.1 Å². The summed E-state index contributed by atoms with van der Waals surface area (Å²) >= 11 is 1.59. The van der Waals surface area contributed by atoms with Crippen molar-refractivity contribution in [2.24, 2.45) is 0 Å². The lowest BCUT2D eigenvalue weighted by Crippen LogP contribution is -2.39. The molecule has 1 saturated heterocycles. The molecule has 42 heavy (non-hydrogen) atoms. The van der Waals surface area contributed by atoms with Gasteiger partial charge >= 0.3 is 0 Å². The molecule has 5 rings (SSSR count). The summed E-state index contributed by atoms with van der Waals surface area (Å²) in [5.41, 5.74) is 4.55. The van der Waals surface area contributed by atoms with Crippen LogP contribution >= 0.6 is 11.3 Å². The number of aryl methyl sites for hydroxylation is 1. The third kappa shape index (κ3) is 8.12. The first-order chi connectivity index (χ1) is 20.5. The molecule has 0 saturated carbocycles. The summed E-state index contributed by atoms with van der Waals surface area (Å²) in [6, 6.07) is 6.36. The minimum absolute atomic E-state index is 0.0730. The van der Waals surface area contributed by atoms with Crippen LogP contribution in [0.5, 0.6) is 5.19 Å². The summed E-state index contributed by atoms with van der Waals surface area (Å²) in [6.07, 6.45) is 11.8. The predicted molar refractivity (Wildman–Crippen MR) is 168 cm³/mol. The molecule has 0 radical (unpaired) electrons. The molecule has 2 aliphatic heterocycles. The van der Waals surface area contributed by atoms with Gasteiger partial charge in [-0.25, -0.2) is 23.5 Å². The highest BCUT2D eigenvalue weighted by molar-refractivity contribution is 7.82. The predicted octanol–water partition coefficient (Wildman–Crippen LogP) is 3.73. The summed E-state index contributed by atoms with van der Waals surface area (Å²) in [7, 11) is -1.11. The lowest BCUT2D eigenvalue weighted by molar-refractivity contribution is -0.121. The van der Waals surface area contributed by atoms with E-state index in [1.54, 1.807) is 11.3 Å². The third-order valence-corrected chi connectivity index (χ3v) is 10.0. The van der Waals surface area contributed by atoms with Crippen molar-refractivity contribution in [2.75, 3.05) is 50.0 Å². The van der Waals surface area contributed by atoms with Crippen LogP contribution in [0.2, 0.25) is 0 Å². The normalized spacial score (nSPS) is 17.3. The van der Waals surface area contributed by atoms with E-state index in [9.17, 15) is 9.00 Å². The number of aromatic nitrogens is 3. The summed E-state index contributed by atoms with van der Waals surface area (Å²) < 4.78 is 22.1. The highest BCUT2D eigenvalue weighted by Crippen LogP contribution is 2.33. The van der Waals surface area contributed by atoms with Gasteiger partial charge in [0.15, 0.2) is 0 Å². The van der Waals surface area contributed by atoms with Crippen LogP contribution in [0.1, 0.15) is 56.6 Å². The van der Waals surface area contributed by atoms with Crippen molar-refractivity contribution in [3.63, 3.8) is 0 Å². The van der Waals surface area contributed by atoms with Gasteiger partial charge in [-0.2, -0.15) is 0 Å². The van der Waals surface area contributed by atoms with Crippen LogP contribution in [0.15, 0.2) is 36.7 Å². The number of rotatable bonds is 13. The lowest BCUT2D eigenvalue weighted by Gasteiger charge is -2.31. The number of piperidine rings is 1. The standard InChI is InChI=1S/C30H40N6O4S2/c1-2-4-22-20-32-29(33-21-22)35-13-10-25(11-14-35)40-30-34-26-7-6-24(19-27(26)41-30)23-8-15-36(16-9-23)42(39)18-3-5-28(38)31-12-17-37/h6-8,19-21,25,37H,2-5,9-18H2,1H3,(H,31,38). The van der Waals surface area contributed by atoms with Gasteiger partial charge in [-0.15, -0.1) is 0 Å². The Morgan fingerprint density at radius 2 is 2.02 bits per heavy atom. The first kappa shape index (κ1) is 30.5. The molecule has 0 aliphatic carbocycles. The molecular weight excluding hydrogens is 573 g/mol. The Labute approximate surface area is 253 Å². The quantitative estimate of drug-likeness (QED) is 0.300. The third-order valence-electron chi connectivity index (χ3n) is 7.58. The SMILES string of the molecule is CCCc1cnc(N2CCC(Oc3nc4ccc(C5=CCN(S(=O)CCCC(=O)NCCO)CC5)cc4s3)CC2)nc1. The van der Waals surface area contributed by atoms with Crippen LogP contribution in [0.25, 0.3) is 15.8 Å². The van der Waals surface area contributed by atoms with Gasteiger partial charge in [0, 0.05) is 70.1 Å². The van der Waals surface area contributed by atoms with Gasteiger partial charge in [-0.3, -0.25) is 4.79 Å². The molecule has 0 bridgehead atoms. The fourth-order valence-corrected chi connectivity index (χ4v) is 7.37. The minimum atomic E-state index is -1.11. The molecule has 1 atom stereocenters. The molecular formula is C30H40N6O4S2. The van der Waals surface area contributed by atoms with Crippen molar-refractivity contribution < 1.29 is 18.8 Å². The topological polar surface area (TPSA) is 121 Å². The van der Waals surface area contributed by atoms with E-state index in [4.69, 9.17) is 14.8 Å². The van der Waals surface area contributed by atoms with E-state index >= 15 is 0 Å². The Kier molecular flexibility index (Phi) is 10.9. The highest BCUT2D eigenvalue weighted by Gasteiger charge is 2.24. The average Bonchev–Trinajstić information content (AvgIpc) is 3.42. The molecule has 1 fully saturated rings. The van der Waals surface area contributed by atoms with Crippen LogP contribution in [0, 0.1) is 0 Å². The van der Waals surface area contributed by atoms with Gasteiger partial charge in [0.2, 0.25) is 11.9 Å². The van der Waals surface area contributed by atoms with Crippen molar-refractivity contribution >= 4 is 50.0 Å². The largest absolute Gasteiger partial charge is 0.467 e. The summed E-state index contributed by atoms with van der Waals surface area (Å²) in [5, 5.41) is 12.1. The fraction of sp³-hybridized carbons (Fsp3) is 0.533. The molecule has 4 heterocycles. The summed E-state index contributed by atoms with van der Waals surface area (Å²) in [5.74, 6) is 1.15.